The van der Waals surface area contributed by atoms with Crippen LogP contribution in [0, 0.1) is 5.92 Å². The smallest absolute Gasteiger partial charge is 0.223 e. The fourth-order valence-corrected chi connectivity index (χ4v) is 5.51. The minimum Gasteiger partial charge on any atom is -0.494 e. The number of fused-ring (bicyclic) bond motifs is 2. The Kier molecular flexibility index (Phi) is 6.87. The van der Waals surface area contributed by atoms with E-state index in [0.717, 1.165) is 38.2 Å². The van der Waals surface area contributed by atoms with Crippen molar-refractivity contribution in [1.29, 1.82) is 0 Å². The maximum atomic E-state index is 12.6. The molecule has 172 valence electrons. The summed E-state index contributed by atoms with van der Waals surface area (Å²) in [4.78, 5) is 15.1. The van der Waals surface area contributed by atoms with Gasteiger partial charge in [-0.1, -0.05) is 50.2 Å². The second-order valence-electron chi connectivity index (χ2n) is 9.40. The van der Waals surface area contributed by atoms with Gasteiger partial charge in [-0.15, -0.1) is 0 Å². The predicted molar refractivity (Wildman–Crippen MR) is 127 cm³/mol. The van der Waals surface area contributed by atoms with Gasteiger partial charge in [0.15, 0.2) is 0 Å². The first-order valence-corrected chi connectivity index (χ1v) is 11.8. The number of amides is 1. The maximum Gasteiger partial charge on any atom is 0.223 e. The number of rotatable bonds is 7. The van der Waals surface area contributed by atoms with E-state index in [9.17, 15) is 4.79 Å². The highest BCUT2D eigenvalue weighted by atomic mass is 16.5. The third-order valence-corrected chi connectivity index (χ3v) is 7.12. The number of hydrogen-bond acceptors (Lipinski definition) is 4. The van der Waals surface area contributed by atoms with Crippen LogP contribution in [0.1, 0.15) is 56.3 Å². The van der Waals surface area contributed by atoms with Gasteiger partial charge in [0, 0.05) is 25.0 Å². The van der Waals surface area contributed by atoms with Gasteiger partial charge in [-0.3, -0.25) is 9.69 Å². The fraction of sp³-hybridized carbons (Fsp3) is 0.519. The van der Waals surface area contributed by atoms with Crippen molar-refractivity contribution in [3.63, 3.8) is 0 Å². The van der Waals surface area contributed by atoms with E-state index >= 15 is 0 Å². The normalized spacial score (nSPS) is 22.2. The molecule has 1 aliphatic carbocycles. The Morgan fingerprint density at radius 2 is 1.91 bits per heavy atom. The van der Waals surface area contributed by atoms with Crippen LogP contribution in [0.2, 0.25) is 0 Å². The molecular formula is C27H36N2O3. The van der Waals surface area contributed by atoms with Crippen molar-refractivity contribution in [1.82, 2.24) is 10.2 Å². The molecule has 5 nitrogen and oxygen atoms in total. The van der Waals surface area contributed by atoms with Crippen LogP contribution in [-0.4, -0.2) is 43.7 Å². The number of likely N-dealkylation sites (tertiary alicyclic amines) is 1. The summed E-state index contributed by atoms with van der Waals surface area (Å²) < 4.78 is 11.8. The quantitative estimate of drug-likeness (QED) is 0.696. The molecule has 1 fully saturated rings. The van der Waals surface area contributed by atoms with Crippen LogP contribution >= 0.6 is 0 Å². The fourth-order valence-electron chi connectivity index (χ4n) is 5.51. The van der Waals surface area contributed by atoms with Crippen molar-refractivity contribution >= 4 is 5.91 Å². The molecule has 0 saturated carbocycles. The van der Waals surface area contributed by atoms with Crippen molar-refractivity contribution in [2.24, 2.45) is 5.92 Å². The van der Waals surface area contributed by atoms with Crippen LogP contribution in [0.5, 0.6) is 5.75 Å². The van der Waals surface area contributed by atoms with Crippen LogP contribution in [-0.2, 0) is 21.5 Å². The number of nitrogens with zero attached hydrogens (tertiary/aromatic N) is 1. The monoisotopic (exact) mass is 436 g/mol. The summed E-state index contributed by atoms with van der Waals surface area (Å²) in [5.41, 5.74) is 3.78. The van der Waals surface area contributed by atoms with Crippen LogP contribution in [0.15, 0.2) is 48.5 Å². The van der Waals surface area contributed by atoms with Gasteiger partial charge in [0.1, 0.15) is 5.75 Å². The van der Waals surface area contributed by atoms with Gasteiger partial charge in [0.05, 0.1) is 18.8 Å². The van der Waals surface area contributed by atoms with Crippen molar-refractivity contribution in [3.8, 4) is 5.75 Å². The second-order valence-corrected chi connectivity index (χ2v) is 9.40. The minimum atomic E-state index is -0.0967. The van der Waals surface area contributed by atoms with E-state index in [-0.39, 0.29) is 29.4 Å². The summed E-state index contributed by atoms with van der Waals surface area (Å²) in [5.74, 6) is 0.965. The number of carbonyl (C=O) groups excluding carboxylic acids is 1. The zero-order valence-corrected chi connectivity index (χ0v) is 19.8. The lowest BCUT2D eigenvalue weighted by molar-refractivity contribution is -0.126. The first-order chi connectivity index (χ1) is 15.5. The SMILES string of the molecule is CCOc1cccc(CN2CCC3(CC2)c2ccccc2[C@@H](NC(=O)C(C)C)[C@@H]3OC)c1. The average Bonchev–Trinajstić information content (AvgIpc) is 3.04. The predicted octanol–water partition coefficient (Wildman–Crippen LogP) is 4.46. The number of ether oxygens (including phenoxy) is 2. The number of hydrogen-bond donors (Lipinski definition) is 1. The Labute approximate surface area is 192 Å². The molecule has 1 saturated heterocycles. The van der Waals surface area contributed by atoms with Gasteiger partial charge in [-0.2, -0.15) is 0 Å². The van der Waals surface area contributed by atoms with Gasteiger partial charge in [0.25, 0.3) is 0 Å². The molecule has 1 amide bonds. The van der Waals surface area contributed by atoms with E-state index < -0.39 is 0 Å². The molecule has 0 aromatic heterocycles. The number of methoxy groups -OCH3 is 1. The van der Waals surface area contributed by atoms with E-state index in [1.165, 1.54) is 16.7 Å². The molecule has 1 N–H and O–H groups in total. The molecule has 1 aliphatic heterocycles. The Morgan fingerprint density at radius 3 is 2.59 bits per heavy atom. The lowest BCUT2D eigenvalue weighted by Crippen LogP contribution is -2.50. The lowest BCUT2D eigenvalue weighted by atomic mass is 9.71. The molecule has 5 heteroatoms. The first-order valence-electron chi connectivity index (χ1n) is 11.8. The molecule has 1 spiro atoms. The highest BCUT2D eigenvalue weighted by molar-refractivity contribution is 5.78. The molecule has 4 rings (SSSR count). The van der Waals surface area contributed by atoms with Crippen molar-refractivity contribution in [3.05, 3.63) is 65.2 Å². The van der Waals surface area contributed by atoms with Gasteiger partial charge in [-0.05, 0) is 61.7 Å². The van der Waals surface area contributed by atoms with E-state index in [2.05, 4.69) is 52.7 Å². The summed E-state index contributed by atoms with van der Waals surface area (Å²) in [6.45, 7) is 9.49. The van der Waals surface area contributed by atoms with E-state index in [4.69, 9.17) is 9.47 Å². The molecule has 0 bridgehead atoms. The minimum absolute atomic E-state index is 0.0500. The molecule has 0 radical (unpaired) electrons. The number of nitrogens with one attached hydrogen (secondary N) is 1. The van der Waals surface area contributed by atoms with E-state index in [1.54, 1.807) is 7.11 Å². The Bertz CT molecular complexity index is 934. The standard InChI is InChI=1S/C27H36N2O3/c1-5-32-21-10-8-9-20(17-21)18-29-15-13-27(14-16-29)23-12-7-6-11-22(23)24(25(27)31-4)28-26(30)19(2)3/h6-12,17,19,24-25H,5,13-16,18H2,1-4H3,(H,28,30)/t24-,25+/m1/s1. The van der Waals surface area contributed by atoms with Crippen LogP contribution < -0.4 is 10.1 Å². The summed E-state index contributed by atoms with van der Waals surface area (Å²) in [6, 6.07) is 16.9. The van der Waals surface area contributed by atoms with Crippen molar-refractivity contribution in [2.75, 3.05) is 26.8 Å². The Morgan fingerprint density at radius 1 is 1.16 bits per heavy atom. The van der Waals surface area contributed by atoms with Gasteiger partial charge >= 0.3 is 0 Å². The molecule has 2 aromatic carbocycles. The summed E-state index contributed by atoms with van der Waals surface area (Å²) in [7, 11) is 1.79. The molecule has 2 atom stereocenters. The average molecular weight is 437 g/mol. The van der Waals surface area contributed by atoms with Gasteiger partial charge < -0.3 is 14.8 Å². The zero-order valence-electron chi connectivity index (χ0n) is 19.8. The molecule has 2 aliphatic rings. The maximum absolute atomic E-state index is 12.6. The highest BCUT2D eigenvalue weighted by Crippen LogP contribution is 2.52. The first kappa shape index (κ1) is 22.8. The Balaban J connectivity index is 1.52. The van der Waals surface area contributed by atoms with E-state index in [0.29, 0.717) is 6.61 Å². The third kappa shape index (κ3) is 4.28. The van der Waals surface area contributed by atoms with Gasteiger partial charge in [0.2, 0.25) is 5.91 Å². The summed E-state index contributed by atoms with van der Waals surface area (Å²) in [5, 5.41) is 3.28. The number of carbonyl (C=O) groups is 1. The van der Waals surface area contributed by atoms with E-state index in [1.807, 2.05) is 26.8 Å². The largest absolute Gasteiger partial charge is 0.494 e. The topological polar surface area (TPSA) is 50.8 Å². The Hall–Kier alpha value is -2.37. The third-order valence-electron chi connectivity index (χ3n) is 7.12. The second kappa shape index (κ2) is 9.63. The van der Waals surface area contributed by atoms with Crippen LogP contribution in [0.3, 0.4) is 0 Å². The zero-order chi connectivity index (χ0) is 22.7. The molecule has 1 heterocycles. The molecular weight excluding hydrogens is 400 g/mol. The van der Waals surface area contributed by atoms with Crippen molar-refractivity contribution < 1.29 is 14.3 Å². The van der Waals surface area contributed by atoms with Crippen LogP contribution in [0.25, 0.3) is 0 Å². The van der Waals surface area contributed by atoms with Crippen LogP contribution in [0.4, 0.5) is 0 Å². The van der Waals surface area contributed by atoms with Crippen molar-refractivity contribution in [2.45, 2.75) is 57.7 Å². The summed E-state index contributed by atoms with van der Waals surface area (Å²) in [6.07, 6.45) is 1.98. The van der Waals surface area contributed by atoms with Gasteiger partial charge in [-0.25, -0.2) is 0 Å². The number of piperidine rings is 1. The lowest BCUT2D eigenvalue weighted by Gasteiger charge is -2.44. The summed E-state index contributed by atoms with van der Waals surface area (Å²) >= 11 is 0. The molecule has 2 aromatic rings. The highest BCUT2D eigenvalue weighted by Gasteiger charge is 2.53. The molecule has 32 heavy (non-hydrogen) atoms. The number of benzene rings is 2. The molecule has 0 unspecified atom stereocenters.